The van der Waals surface area contributed by atoms with Gasteiger partial charge in [0.25, 0.3) is 0 Å². The number of hydrogen-bond donors (Lipinski definition) is 3. The Morgan fingerprint density at radius 3 is 2.58 bits per heavy atom. The topological polar surface area (TPSA) is 114 Å². The number of aliphatic imine (C=N–C) groups is 1. The minimum absolute atomic E-state index is 0.295. The number of carboxylic acids is 1. The Morgan fingerprint density at radius 2 is 2.11 bits per heavy atom. The molecule has 0 aliphatic carbocycles. The van der Waals surface area contributed by atoms with Gasteiger partial charge in [-0.3, -0.25) is 4.99 Å². The van der Waals surface area contributed by atoms with Crippen molar-refractivity contribution in [3.05, 3.63) is 35.2 Å². The van der Waals surface area contributed by atoms with Crippen molar-refractivity contribution in [3.63, 3.8) is 0 Å². The zero-order chi connectivity index (χ0) is 13.8. The van der Waals surface area contributed by atoms with Crippen LogP contribution in [0.15, 0.2) is 40.2 Å². The molecule has 2 aliphatic rings. The summed E-state index contributed by atoms with van der Waals surface area (Å²) in [5, 5.41) is 11.8. The molecular formula is C12H13N3O4. The first-order chi connectivity index (χ1) is 9.11. The number of nitrogens with one attached hydrogen (secondary N) is 1. The molecule has 0 saturated carbocycles. The maximum Gasteiger partial charge on any atom is 0.354 e. The van der Waals surface area contributed by atoms with Crippen LogP contribution in [0.1, 0.15) is 12.8 Å². The van der Waals surface area contributed by atoms with Crippen LogP contribution in [0, 0.1) is 0 Å². The van der Waals surface area contributed by atoms with Crippen LogP contribution in [0.2, 0.25) is 0 Å². The largest absolute Gasteiger partial charge is 0.478 e. The summed E-state index contributed by atoms with van der Waals surface area (Å²) in [6, 6.07) is 0. The first-order valence-corrected chi connectivity index (χ1v) is 5.67. The Morgan fingerprint density at radius 1 is 1.32 bits per heavy atom. The lowest BCUT2D eigenvalue weighted by molar-refractivity contribution is -0.139. The van der Waals surface area contributed by atoms with E-state index in [1.807, 2.05) is 0 Å². The fraction of sp³-hybridized carbons (Fsp3) is 0.250. The molecule has 0 bridgehead atoms. The molecule has 0 amide bonds. The monoisotopic (exact) mass is 263 g/mol. The van der Waals surface area contributed by atoms with Gasteiger partial charge in [-0.1, -0.05) is 0 Å². The van der Waals surface area contributed by atoms with E-state index in [9.17, 15) is 9.59 Å². The van der Waals surface area contributed by atoms with Crippen molar-refractivity contribution in [1.82, 2.24) is 5.32 Å². The second kappa shape index (κ2) is 5.49. The summed E-state index contributed by atoms with van der Waals surface area (Å²) in [7, 11) is 0. The van der Waals surface area contributed by atoms with E-state index in [1.54, 1.807) is 12.2 Å². The third kappa shape index (κ3) is 2.89. The molecule has 4 N–H and O–H groups in total. The number of rotatable bonds is 3. The highest BCUT2D eigenvalue weighted by Crippen LogP contribution is 2.17. The molecule has 0 aromatic rings. The van der Waals surface area contributed by atoms with Crippen LogP contribution in [0.5, 0.6) is 0 Å². The van der Waals surface area contributed by atoms with E-state index in [1.165, 1.54) is 6.20 Å². The highest BCUT2D eigenvalue weighted by molar-refractivity contribution is 6.03. The fourth-order valence-corrected chi connectivity index (χ4v) is 1.81. The lowest BCUT2D eigenvalue weighted by Gasteiger charge is -2.19. The molecule has 0 unspecified atom stereocenters. The molecule has 2 heterocycles. The van der Waals surface area contributed by atoms with Gasteiger partial charge in [0.05, 0.1) is 22.6 Å². The molecule has 19 heavy (non-hydrogen) atoms. The summed E-state index contributed by atoms with van der Waals surface area (Å²) in [5.74, 6) is 3.27. The second-order valence-electron chi connectivity index (χ2n) is 4.07. The van der Waals surface area contributed by atoms with Gasteiger partial charge in [-0.05, 0) is 25.0 Å². The standard InChI is InChI=1S/C12H13N3O4/c13-19-12(18)8-2-4-10(15-6-8)9-3-1-7(5-14-9)11(16)17/h2,4-5,15H,1,3,6,13H2,(H,16,17). The molecule has 0 fully saturated rings. The van der Waals surface area contributed by atoms with E-state index in [4.69, 9.17) is 11.0 Å². The number of hydrogen-bond acceptors (Lipinski definition) is 6. The van der Waals surface area contributed by atoms with Crippen LogP contribution in [-0.2, 0) is 14.4 Å². The summed E-state index contributed by atoms with van der Waals surface area (Å²) in [5.41, 5.74) is 2.25. The van der Waals surface area contributed by atoms with E-state index < -0.39 is 11.9 Å². The molecule has 0 aromatic carbocycles. The number of carboxylic acid groups (broad SMARTS) is 1. The predicted molar refractivity (Wildman–Crippen MR) is 66.8 cm³/mol. The normalized spacial score (nSPS) is 18.4. The number of carbonyl (C=O) groups excluding carboxylic acids is 1. The van der Waals surface area contributed by atoms with Gasteiger partial charge in [0, 0.05) is 12.7 Å². The smallest absolute Gasteiger partial charge is 0.354 e. The Bertz CT molecular complexity index is 543. The maximum absolute atomic E-state index is 11.2. The van der Waals surface area contributed by atoms with Crippen molar-refractivity contribution < 1.29 is 19.5 Å². The van der Waals surface area contributed by atoms with Gasteiger partial charge in [0.2, 0.25) is 0 Å². The fourth-order valence-electron chi connectivity index (χ4n) is 1.81. The Balaban J connectivity index is 2.13. The summed E-state index contributed by atoms with van der Waals surface area (Å²) in [6.45, 7) is 0.302. The molecule has 0 aromatic heterocycles. The molecule has 0 atom stereocenters. The van der Waals surface area contributed by atoms with Crippen LogP contribution in [0.4, 0.5) is 0 Å². The summed E-state index contributed by atoms with van der Waals surface area (Å²) >= 11 is 0. The molecule has 0 spiro atoms. The first-order valence-electron chi connectivity index (χ1n) is 5.67. The third-order valence-electron chi connectivity index (χ3n) is 2.88. The van der Waals surface area contributed by atoms with Crippen LogP contribution >= 0.6 is 0 Å². The number of dihydropyridines is 1. The Kier molecular flexibility index (Phi) is 3.76. The van der Waals surface area contributed by atoms with E-state index in [0.717, 1.165) is 11.4 Å². The van der Waals surface area contributed by atoms with Gasteiger partial charge in [0.15, 0.2) is 0 Å². The summed E-state index contributed by atoms with van der Waals surface area (Å²) < 4.78 is 0. The zero-order valence-corrected chi connectivity index (χ0v) is 10.0. The van der Waals surface area contributed by atoms with Gasteiger partial charge in [-0.15, -0.1) is 0 Å². The van der Waals surface area contributed by atoms with Crippen LogP contribution in [0.25, 0.3) is 0 Å². The highest BCUT2D eigenvalue weighted by atomic mass is 16.7. The van der Waals surface area contributed by atoms with Gasteiger partial charge in [-0.25, -0.2) is 9.59 Å². The minimum Gasteiger partial charge on any atom is -0.478 e. The number of nitrogens with zero attached hydrogens (tertiary/aromatic N) is 1. The van der Waals surface area contributed by atoms with Gasteiger partial charge in [-0.2, -0.15) is 5.90 Å². The number of carbonyl (C=O) groups is 2. The highest BCUT2D eigenvalue weighted by Gasteiger charge is 2.19. The molecule has 0 radical (unpaired) electrons. The van der Waals surface area contributed by atoms with Crippen LogP contribution in [0.3, 0.4) is 0 Å². The van der Waals surface area contributed by atoms with Crippen molar-refractivity contribution in [3.8, 4) is 0 Å². The van der Waals surface area contributed by atoms with Crippen molar-refractivity contribution in [1.29, 1.82) is 0 Å². The number of allylic oxidation sites excluding steroid dienone is 3. The molecular weight excluding hydrogens is 250 g/mol. The zero-order valence-electron chi connectivity index (χ0n) is 10.0. The van der Waals surface area contributed by atoms with Crippen LogP contribution < -0.4 is 11.2 Å². The minimum atomic E-state index is -0.943. The average molecular weight is 263 g/mol. The Labute approximate surface area is 109 Å². The SMILES string of the molecule is NOC(=O)C1=CC=C(C2=NC=C(C(=O)O)CC2)NC1. The molecule has 2 rings (SSSR count). The molecule has 7 nitrogen and oxygen atoms in total. The predicted octanol–water partition coefficient (Wildman–Crippen LogP) is 0.0201. The van der Waals surface area contributed by atoms with Crippen molar-refractivity contribution in [2.24, 2.45) is 10.9 Å². The van der Waals surface area contributed by atoms with E-state index in [-0.39, 0.29) is 0 Å². The van der Waals surface area contributed by atoms with Gasteiger partial charge >= 0.3 is 11.9 Å². The third-order valence-corrected chi connectivity index (χ3v) is 2.88. The molecule has 7 heteroatoms. The lowest BCUT2D eigenvalue weighted by atomic mass is 10.0. The van der Waals surface area contributed by atoms with E-state index >= 15 is 0 Å². The molecule has 2 aliphatic heterocycles. The lowest BCUT2D eigenvalue weighted by Crippen LogP contribution is -2.30. The van der Waals surface area contributed by atoms with Crippen molar-refractivity contribution >= 4 is 17.7 Å². The molecule has 100 valence electrons. The quantitative estimate of drug-likeness (QED) is 0.618. The average Bonchev–Trinajstić information content (AvgIpc) is 2.46. The Hall–Kier alpha value is -2.41. The summed E-state index contributed by atoms with van der Waals surface area (Å²) in [6.07, 6.45) is 5.65. The van der Waals surface area contributed by atoms with Crippen molar-refractivity contribution in [2.75, 3.05) is 6.54 Å². The summed E-state index contributed by atoms with van der Waals surface area (Å²) in [4.78, 5) is 30.2. The second-order valence-corrected chi connectivity index (χ2v) is 4.07. The van der Waals surface area contributed by atoms with Gasteiger partial charge < -0.3 is 15.3 Å². The van der Waals surface area contributed by atoms with Gasteiger partial charge in [0.1, 0.15) is 0 Å². The van der Waals surface area contributed by atoms with E-state index in [0.29, 0.717) is 30.5 Å². The van der Waals surface area contributed by atoms with Crippen molar-refractivity contribution in [2.45, 2.75) is 12.8 Å². The first kappa shape index (κ1) is 13.0. The number of nitrogens with two attached hydrogens (primary N) is 1. The van der Waals surface area contributed by atoms with E-state index in [2.05, 4.69) is 15.1 Å². The molecule has 0 saturated heterocycles. The maximum atomic E-state index is 11.2. The van der Waals surface area contributed by atoms with Crippen LogP contribution in [-0.4, -0.2) is 29.3 Å². The number of aliphatic carboxylic acids is 1.